The lowest BCUT2D eigenvalue weighted by molar-refractivity contribution is -0.115. The van der Waals surface area contributed by atoms with E-state index in [0.29, 0.717) is 27.3 Å². The maximum Gasteiger partial charge on any atom is 0.264 e. The maximum absolute atomic E-state index is 13.5. The highest BCUT2D eigenvalue weighted by atomic mass is 79.9. The van der Waals surface area contributed by atoms with Gasteiger partial charge in [-0.15, -0.1) is 0 Å². The number of ether oxygens (including phenoxy) is 1. The number of nitrogens with one attached hydrogen (secondary N) is 2. The Balaban J connectivity index is 1.89. The molecule has 0 aliphatic carbocycles. The number of sulfonamides is 1. The second kappa shape index (κ2) is 10.7. The first kappa shape index (κ1) is 25.3. The van der Waals surface area contributed by atoms with E-state index in [2.05, 4.69) is 26.6 Å². The molecule has 0 saturated carbocycles. The van der Waals surface area contributed by atoms with Gasteiger partial charge in [-0.05, 0) is 77.5 Å². The molecule has 8 nitrogen and oxygen atoms in total. The minimum atomic E-state index is -4.08. The number of aryl methyl sites for hydroxylation is 1. The van der Waals surface area contributed by atoms with Crippen molar-refractivity contribution in [3.63, 3.8) is 0 Å². The van der Waals surface area contributed by atoms with Gasteiger partial charge >= 0.3 is 0 Å². The van der Waals surface area contributed by atoms with Gasteiger partial charge in [0.2, 0.25) is 11.8 Å². The molecule has 34 heavy (non-hydrogen) atoms. The Morgan fingerprint density at radius 3 is 2.06 bits per heavy atom. The number of carbonyl (C=O) groups is 2. The Labute approximate surface area is 207 Å². The molecule has 0 aliphatic heterocycles. The molecule has 0 radical (unpaired) electrons. The number of rotatable bonds is 8. The first-order valence-corrected chi connectivity index (χ1v) is 12.4. The van der Waals surface area contributed by atoms with E-state index in [0.717, 1.165) is 9.87 Å². The number of hydrogen-bond acceptors (Lipinski definition) is 5. The zero-order valence-electron chi connectivity index (χ0n) is 18.8. The van der Waals surface area contributed by atoms with Crippen LogP contribution in [-0.2, 0) is 19.6 Å². The maximum atomic E-state index is 13.5. The molecule has 0 fully saturated rings. The molecule has 3 rings (SSSR count). The molecule has 0 aromatic heterocycles. The summed E-state index contributed by atoms with van der Waals surface area (Å²) in [4.78, 5) is 24.0. The van der Waals surface area contributed by atoms with Crippen molar-refractivity contribution in [1.29, 1.82) is 0 Å². The highest BCUT2D eigenvalue weighted by Crippen LogP contribution is 2.31. The molecule has 0 aliphatic rings. The number of methoxy groups -OCH3 is 1. The number of halogens is 1. The van der Waals surface area contributed by atoms with Crippen LogP contribution in [0.15, 0.2) is 76.1 Å². The summed E-state index contributed by atoms with van der Waals surface area (Å²) in [5, 5.41) is 5.34. The highest BCUT2D eigenvalue weighted by Gasteiger charge is 2.28. The molecule has 0 heterocycles. The van der Waals surface area contributed by atoms with Crippen molar-refractivity contribution in [3.05, 3.63) is 76.8 Å². The van der Waals surface area contributed by atoms with E-state index in [-0.39, 0.29) is 10.8 Å². The van der Waals surface area contributed by atoms with Crippen LogP contribution >= 0.6 is 15.9 Å². The van der Waals surface area contributed by atoms with Crippen LogP contribution in [0.5, 0.6) is 5.75 Å². The molecule has 3 aromatic carbocycles. The quantitative estimate of drug-likeness (QED) is 0.431. The van der Waals surface area contributed by atoms with Crippen molar-refractivity contribution in [2.75, 3.05) is 28.6 Å². The average Bonchev–Trinajstić information content (AvgIpc) is 2.79. The van der Waals surface area contributed by atoms with Gasteiger partial charge in [-0.3, -0.25) is 13.9 Å². The summed E-state index contributed by atoms with van der Waals surface area (Å²) in [5.41, 5.74) is 2.36. The standard InChI is InChI=1S/C24H24BrN3O5S/c1-16-4-10-20(11-5-16)28(34(31,32)21-12-13-23(33-3)22(25)14-21)15-24(30)27-19-8-6-18(7-9-19)26-17(2)29/h4-14H,15H2,1-3H3,(H,26,29)(H,27,30). The Morgan fingerprint density at radius 2 is 1.53 bits per heavy atom. The van der Waals surface area contributed by atoms with Crippen LogP contribution in [0, 0.1) is 6.92 Å². The van der Waals surface area contributed by atoms with Gasteiger partial charge in [0.25, 0.3) is 10.0 Å². The summed E-state index contributed by atoms with van der Waals surface area (Å²) in [6, 6.07) is 17.8. The van der Waals surface area contributed by atoms with Gasteiger partial charge in [0, 0.05) is 18.3 Å². The third kappa shape index (κ3) is 6.15. The van der Waals surface area contributed by atoms with Crippen molar-refractivity contribution in [1.82, 2.24) is 0 Å². The highest BCUT2D eigenvalue weighted by molar-refractivity contribution is 9.10. The zero-order valence-corrected chi connectivity index (χ0v) is 21.2. The lowest BCUT2D eigenvalue weighted by atomic mass is 10.2. The van der Waals surface area contributed by atoms with Gasteiger partial charge in [-0.25, -0.2) is 8.42 Å². The minimum Gasteiger partial charge on any atom is -0.496 e. The Morgan fingerprint density at radius 1 is 0.941 bits per heavy atom. The van der Waals surface area contributed by atoms with Crippen LogP contribution in [0.4, 0.5) is 17.1 Å². The average molecular weight is 546 g/mol. The molecule has 178 valence electrons. The smallest absolute Gasteiger partial charge is 0.264 e. The SMILES string of the molecule is COc1ccc(S(=O)(=O)N(CC(=O)Nc2ccc(NC(C)=O)cc2)c2ccc(C)cc2)cc1Br. The normalized spacial score (nSPS) is 10.9. The van der Waals surface area contributed by atoms with E-state index in [4.69, 9.17) is 4.74 Å². The van der Waals surface area contributed by atoms with Crippen molar-refractivity contribution in [3.8, 4) is 5.75 Å². The summed E-state index contributed by atoms with van der Waals surface area (Å²) in [6.07, 6.45) is 0. The van der Waals surface area contributed by atoms with Gasteiger partial charge < -0.3 is 15.4 Å². The van der Waals surface area contributed by atoms with E-state index in [1.54, 1.807) is 54.6 Å². The molecule has 0 saturated heterocycles. The topological polar surface area (TPSA) is 105 Å². The molecule has 3 aromatic rings. The summed E-state index contributed by atoms with van der Waals surface area (Å²) in [6.45, 7) is 2.85. The summed E-state index contributed by atoms with van der Waals surface area (Å²) >= 11 is 3.32. The first-order chi connectivity index (χ1) is 16.1. The van der Waals surface area contributed by atoms with Crippen LogP contribution in [0.2, 0.25) is 0 Å². The monoisotopic (exact) mass is 545 g/mol. The first-order valence-electron chi connectivity index (χ1n) is 10.2. The molecule has 0 spiro atoms. The molecule has 0 bridgehead atoms. The lowest BCUT2D eigenvalue weighted by Gasteiger charge is -2.24. The Kier molecular flexibility index (Phi) is 7.95. The summed E-state index contributed by atoms with van der Waals surface area (Å²) in [5.74, 6) is -0.244. The van der Waals surface area contributed by atoms with Crippen LogP contribution < -0.4 is 19.7 Å². The second-order valence-corrected chi connectivity index (χ2v) is 10.2. The molecular formula is C24H24BrN3O5S. The predicted molar refractivity (Wildman–Crippen MR) is 136 cm³/mol. The number of carbonyl (C=O) groups excluding carboxylic acids is 2. The number of nitrogens with zero attached hydrogens (tertiary/aromatic N) is 1. The molecule has 0 atom stereocenters. The molecular weight excluding hydrogens is 522 g/mol. The number of amides is 2. The summed E-state index contributed by atoms with van der Waals surface area (Å²) in [7, 11) is -2.60. The Bertz CT molecular complexity index is 1290. The van der Waals surface area contributed by atoms with Gasteiger partial charge in [0.05, 0.1) is 22.2 Å². The fraction of sp³-hybridized carbons (Fsp3) is 0.167. The summed E-state index contributed by atoms with van der Waals surface area (Å²) < 4.78 is 33.8. The van der Waals surface area contributed by atoms with E-state index in [1.165, 1.54) is 26.2 Å². The van der Waals surface area contributed by atoms with Gasteiger partial charge in [0.1, 0.15) is 12.3 Å². The number of hydrogen-bond donors (Lipinski definition) is 2. The molecule has 10 heteroatoms. The third-order valence-corrected chi connectivity index (χ3v) is 7.20. The lowest BCUT2D eigenvalue weighted by Crippen LogP contribution is -2.38. The van der Waals surface area contributed by atoms with Crippen LogP contribution in [-0.4, -0.2) is 33.9 Å². The van der Waals surface area contributed by atoms with E-state index < -0.39 is 22.5 Å². The van der Waals surface area contributed by atoms with E-state index in [9.17, 15) is 18.0 Å². The number of anilines is 3. The van der Waals surface area contributed by atoms with E-state index in [1.807, 2.05) is 6.92 Å². The van der Waals surface area contributed by atoms with Gasteiger partial charge in [0.15, 0.2) is 0 Å². The largest absolute Gasteiger partial charge is 0.496 e. The Hall–Kier alpha value is -3.37. The van der Waals surface area contributed by atoms with Crippen molar-refractivity contribution >= 4 is 54.8 Å². The van der Waals surface area contributed by atoms with E-state index >= 15 is 0 Å². The van der Waals surface area contributed by atoms with Crippen LogP contribution in [0.25, 0.3) is 0 Å². The van der Waals surface area contributed by atoms with Crippen molar-refractivity contribution in [2.45, 2.75) is 18.7 Å². The predicted octanol–water partition coefficient (Wildman–Crippen LogP) is 4.56. The minimum absolute atomic E-state index is 0.00760. The van der Waals surface area contributed by atoms with Crippen LogP contribution in [0.1, 0.15) is 12.5 Å². The third-order valence-electron chi connectivity index (χ3n) is 4.81. The fourth-order valence-corrected chi connectivity index (χ4v) is 5.27. The van der Waals surface area contributed by atoms with Crippen molar-refractivity contribution < 1.29 is 22.7 Å². The molecule has 2 N–H and O–H groups in total. The number of benzene rings is 3. The van der Waals surface area contributed by atoms with Gasteiger partial charge in [-0.2, -0.15) is 0 Å². The fourth-order valence-electron chi connectivity index (χ4n) is 3.13. The molecule has 0 unspecified atom stereocenters. The molecule has 2 amide bonds. The van der Waals surface area contributed by atoms with Gasteiger partial charge in [-0.1, -0.05) is 17.7 Å². The second-order valence-electron chi connectivity index (χ2n) is 7.45. The van der Waals surface area contributed by atoms with Crippen LogP contribution in [0.3, 0.4) is 0 Å². The zero-order chi connectivity index (χ0) is 24.9. The van der Waals surface area contributed by atoms with Crippen molar-refractivity contribution in [2.24, 2.45) is 0 Å².